The Balaban J connectivity index is 1.92. The van der Waals surface area contributed by atoms with Crippen LogP contribution in [0.5, 0.6) is 0 Å². The molecular formula is C11H18BrNO2. The maximum Gasteiger partial charge on any atom is 0.410 e. The molecule has 0 bridgehead atoms. The number of carbonyl (C=O) groups excluding carboxylic acids is 1. The van der Waals surface area contributed by atoms with Gasteiger partial charge in [-0.1, -0.05) is 15.9 Å². The Morgan fingerprint density at radius 1 is 1.47 bits per heavy atom. The molecule has 0 unspecified atom stereocenters. The van der Waals surface area contributed by atoms with Crippen LogP contribution in [-0.4, -0.2) is 33.5 Å². The molecule has 86 valence electrons. The van der Waals surface area contributed by atoms with Gasteiger partial charge in [0, 0.05) is 11.4 Å². The summed E-state index contributed by atoms with van der Waals surface area (Å²) >= 11 is 3.57. The first kappa shape index (κ1) is 11.2. The number of hydrogen-bond donors (Lipinski definition) is 0. The minimum absolute atomic E-state index is 0.135. The van der Waals surface area contributed by atoms with Crippen LogP contribution in [0, 0.1) is 0 Å². The number of nitrogens with zero attached hydrogens (tertiary/aromatic N) is 1. The number of ether oxygens (including phenoxy) is 1. The van der Waals surface area contributed by atoms with Crippen molar-refractivity contribution in [3.05, 3.63) is 0 Å². The first-order chi connectivity index (χ1) is 6.82. The van der Waals surface area contributed by atoms with Gasteiger partial charge in [0.05, 0.1) is 5.54 Å². The molecule has 1 saturated carbocycles. The van der Waals surface area contributed by atoms with Crippen molar-refractivity contribution in [2.24, 2.45) is 0 Å². The lowest BCUT2D eigenvalue weighted by Gasteiger charge is -2.59. The van der Waals surface area contributed by atoms with Crippen LogP contribution in [-0.2, 0) is 4.74 Å². The third-order valence-corrected chi connectivity index (χ3v) is 3.84. The Morgan fingerprint density at radius 3 is 2.40 bits per heavy atom. The average molecular weight is 276 g/mol. The number of alkyl halides is 1. The highest BCUT2D eigenvalue weighted by molar-refractivity contribution is 9.09. The molecule has 2 aliphatic rings. The smallest absolute Gasteiger partial charge is 0.410 e. The average Bonchev–Trinajstić information content (AvgIpc) is 1.91. The van der Waals surface area contributed by atoms with Crippen LogP contribution in [0.2, 0.25) is 0 Å². The number of amides is 1. The number of halogens is 1. The monoisotopic (exact) mass is 275 g/mol. The zero-order chi connectivity index (χ0) is 11.3. The summed E-state index contributed by atoms with van der Waals surface area (Å²) in [6.45, 7) is 6.58. The van der Waals surface area contributed by atoms with Gasteiger partial charge in [0.15, 0.2) is 0 Å². The second-order valence-electron chi connectivity index (χ2n) is 5.61. The van der Waals surface area contributed by atoms with E-state index in [0.29, 0.717) is 4.83 Å². The Kier molecular flexibility index (Phi) is 2.53. The normalized spacial score (nSPS) is 34.7. The van der Waals surface area contributed by atoms with Crippen molar-refractivity contribution in [3.63, 3.8) is 0 Å². The molecule has 0 radical (unpaired) electrons. The summed E-state index contributed by atoms with van der Waals surface area (Å²) in [4.78, 5) is 14.3. The number of likely N-dealkylation sites (tertiary alicyclic amines) is 1. The number of carbonyl (C=O) groups is 1. The lowest BCUT2D eigenvalue weighted by atomic mass is 9.68. The minimum Gasteiger partial charge on any atom is -0.444 e. The van der Waals surface area contributed by atoms with E-state index in [1.807, 2.05) is 25.7 Å². The van der Waals surface area contributed by atoms with E-state index >= 15 is 0 Å². The highest BCUT2D eigenvalue weighted by Gasteiger charge is 2.56. The van der Waals surface area contributed by atoms with Crippen LogP contribution in [0.1, 0.15) is 40.0 Å². The predicted molar refractivity (Wildman–Crippen MR) is 62.2 cm³/mol. The third kappa shape index (κ3) is 2.01. The second-order valence-corrected chi connectivity index (χ2v) is 6.91. The summed E-state index contributed by atoms with van der Waals surface area (Å²) in [7, 11) is 0. The van der Waals surface area contributed by atoms with Crippen LogP contribution in [0.25, 0.3) is 0 Å². The molecule has 2 rings (SSSR count). The van der Waals surface area contributed by atoms with Gasteiger partial charge in [-0.2, -0.15) is 0 Å². The fourth-order valence-electron chi connectivity index (χ4n) is 2.33. The molecule has 0 aromatic heterocycles. The van der Waals surface area contributed by atoms with Crippen molar-refractivity contribution < 1.29 is 9.53 Å². The van der Waals surface area contributed by atoms with Gasteiger partial charge in [0.1, 0.15) is 5.60 Å². The van der Waals surface area contributed by atoms with E-state index in [1.165, 1.54) is 0 Å². The Hall–Kier alpha value is -0.250. The predicted octanol–water partition coefficient (Wildman–Crippen LogP) is 2.92. The van der Waals surface area contributed by atoms with Gasteiger partial charge >= 0.3 is 6.09 Å². The molecule has 1 amide bonds. The minimum atomic E-state index is -0.384. The molecule has 4 heteroatoms. The van der Waals surface area contributed by atoms with Gasteiger partial charge in [-0.3, -0.25) is 0 Å². The van der Waals surface area contributed by atoms with E-state index < -0.39 is 0 Å². The fourth-order valence-corrected chi connectivity index (χ4v) is 3.54. The molecule has 15 heavy (non-hydrogen) atoms. The molecule has 0 aromatic rings. The van der Waals surface area contributed by atoms with Crippen LogP contribution in [0.3, 0.4) is 0 Å². The summed E-state index contributed by atoms with van der Waals surface area (Å²) in [5.74, 6) is 0. The van der Waals surface area contributed by atoms with E-state index in [1.54, 1.807) is 0 Å². The molecule has 2 fully saturated rings. The molecule has 1 heterocycles. The zero-order valence-corrected chi connectivity index (χ0v) is 11.1. The van der Waals surface area contributed by atoms with E-state index in [2.05, 4.69) is 15.9 Å². The molecule has 1 aliphatic carbocycles. The fraction of sp³-hybridized carbons (Fsp3) is 0.909. The molecule has 1 saturated heterocycles. The maximum atomic E-state index is 11.8. The highest BCUT2D eigenvalue weighted by Crippen LogP contribution is 2.50. The van der Waals surface area contributed by atoms with Crippen LogP contribution in [0.4, 0.5) is 4.79 Å². The Bertz CT molecular complexity index is 279. The van der Waals surface area contributed by atoms with E-state index in [-0.39, 0.29) is 17.2 Å². The van der Waals surface area contributed by atoms with E-state index in [0.717, 1.165) is 25.8 Å². The van der Waals surface area contributed by atoms with Crippen molar-refractivity contribution in [3.8, 4) is 0 Å². The van der Waals surface area contributed by atoms with Crippen LogP contribution >= 0.6 is 15.9 Å². The van der Waals surface area contributed by atoms with Crippen molar-refractivity contribution in [2.45, 2.75) is 56.0 Å². The zero-order valence-electron chi connectivity index (χ0n) is 9.55. The maximum absolute atomic E-state index is 11.8. The Labute approximate surface area is 99.3 Å². The molecule has 1 aliphatic heterocycles. The molecule has 0 aromatic carbocycles. The summed E-state index contributed by atoms with van der Waals surface area (Å²) in [6.07, 6.45) is 3.14. The van der Waals surface area contributed by atoms with E-state index in [4.69, 9.17) is 4.74 Å². The standard InChI is InChI=1S/C11H18BrNO2/c1-10(2,3)15-9(14)13-5-4-11(13)6-8(12)7-11/h8H,4-7H2,1-3H3. The lowest BCUT2D eigenvalue weighted by molar-refractivity contribution is -0.0756. The molecule has 3 nitrogen and oxygen atoms in total. The molecule has 1 spiro atoms. The second kappa shape index (κ2) is 3.37. The SMILES string of the molecule is CC(C)(C)OC(=O)N1CCC12CC(Br)C2. The lowest BCUT2D eigenvalue weighted by Crippen LogP contribution is -2.69. The van der Waals surface area contributed by atoms with Gasteiger partial charge in [0.2, 0.25) is 0 Å². The topological polar surface area (TPSA) is 29.5 Å². The molecular weight excluding hydrogens is 258 g/mol. The first-order valence-corrected chi connectivity index (χ1v) is 6.39. The summed E-state index contributed by atoms with van der Waals surface area (Å²) in [5, 5.41) is 0. The van der Waals surface area contributed by atoms with Gasteiger partial charge in [-0.25, -0.2) is 4.79 Å². The third-order valence-electron chi connectivity index (χ3n) is 3.19. The number of rotatable bonds is 0. The highest BCUT2D eigenvalue weighted by atomic mass is 79.9. The Morgan fingerprint density at radius 2 is 2.07 bits per heavy atom. The summed E-state index contributed by atoms with van der Waals surface area (Å²) in [5.41, 5.74) is -0.248. The molecule has 0 N–H and O–H groups in total. The molecule has 0 atom stereocenters. The van der Waals surface area contributed by atoms with Crippen molar-refractivity contribution in [1.82, 2.24) is 4.90 Å². The van der Waals surface area contributed by atoms with Gasteiger partial charge in [0.25, 0.3) is 0 Å². The van der Waals surface area contributed by atoms with Crippen molar-refractivity contribution in [1.29, 1.82) is 0 Å². The first-order valence-electron chi connectivity index (χ1n) is 5.47. The quantitative estimate of drug-likeness (QED) is 0.637. The van der Waals surface area contributed by atoms with Crippen LogP contribution in [0.15, 0.2) is 0 Å². The van der Waals surface area contributed by atoms with Gasteiger partial charge in [-0.15, -0.1) is 0 Å². The van der Waals surface area contributed by atoms with Crippen molar-refractivity contribution >= 4 is 22.0 Å². The van der Waals surface area contributed by atoms with Gasteiger partial charge < -0.3 is 9.64 Å². The summed E-state index contributed by atoms with van der Waals surface area (Å²) in [6, 6.07) is 0. The summed E-state index contributed by atoms with van der Waals surface area (Å²) < 4.78 is 5.38. The largest absolute Gasteiger partial charge is 0.444 e. The van der Waals surface area contributed by atoms with Crippen molar-refractivity contribution in [2.75, 3.05) is 6.54 Å². The van der Waals surface area contributed by atoms with Crippen LogP contribution < -0.4 is 0 Å². The number of hydrogen-bond acceptors (Lipinski definition) is 2. The van der Waals surface area contributed by atoms with Gasteiger partial charge in [-0.05, 0) is 40.0 Å². The van der Waals surface area contributed by atoms with E-state index in [9.17, 15) is 4.79 Å².